The molecule has 102 valence electrons. The Hall–Kier alpha value is -1.17. The minimum atomic E-state index is 0.251. The molecule has 0 aromatic carbocycles. The summed E-state index contributed by atoms with van der Waals surface area (Å²) < 4.78 is 5.01. The van der Waals surface area contributed by atoms with Gasteiger partial charge in [-0.05, 0) is 26.1 Å². The molecular weight excluding hydrogens is 230 g/mol. The summed E-state index contributed by atoms with van der Waals surface area (Å²) in [6.45, 7) is 5.97. The topological polar surface area (TPSA) is 57.6 Å². The van der Waals surface area contributed by atoms with Gasteiger partial charge in [0.15, 0.2) is 0 Å². The molecule has 0 spiro atoms. The van der Waals surface area contributed by atoms with E-state index in [1.54, 1.807) is 19.2 Å². The SMILES string of the molecule is COCCN(C)CCNCc1nc(C)ccc1O. The normalized spacial score (nSPS) is 11.1. The van der Waals surface area contributed by atoms with E-state index in [1.807, 2.05) is 6.92 Å². The van der Waals surface area contributed by atoms with Crippen LogP contribution >= 0.6 is 0 Å². The van der Waals surface area contributed by atoms with Gasteiger partial charge in [0.05, 0.1) is 12.3 Å². The van der Waals surface area contributed by atoms with Gasteiger partial charge in [-0.25, -0.2) is 0 Å². The Morgan fingerprint density at radius 1 is 1.39 bits per heavy atom. The molecule has 0 aliphatic carbocycles. The van der Waals surface area contributed by atoms with Gasteiger partial charge in [0.1, 0.15) is 5.75 Å². The first-order valence-corrected chi connectivity index (χ1v) is 6.17. The van der Waals surface area contributed by atoms with Crippen molar-refractivity contribution in [1.29, 1.82) is 0 Å². The van der Waals surface area contributed by atoms with Gasteiger partial charge in [0, 0.05) is 39.0 Å². The number of nitrogens with zero attached hydrogens (tertiary/aromatic N) is 2. The van der Waals surface area contributed by atoms with Crippen molar-refractivity contribution in [2.75, 3.05) is 40.4 Å². The van der Waals surface area contributed by atoms with Crippen molar-refractivity contribution in [3.8, 4) is 5.75 Å². The van der Waals surface area contributed by atoms with E-state index in [0.717, 1.165) is 31.9 Å². The molecule has 0 amide bonds. The molecule has 0 saturated heterocycles. The fourth-order valence-corrected chi connectivity index (χ4v) is 1.57. The third kappa shape index (κ3) is 5.44. The third-order valence-corrected chi connectivity index (χ3v) is 2.73. The van der Waals surface area contributed by atoms with Crippen LogP contribution in [0.15, 0.2) is 12.1 Å². The first kappa shape index (κ1) is 14.9. The number of nitrogens with one attached hydrogen (secondary N) is 1. The first-order chi connectivity index (χ1) is 8.63. The molecule has 0 radical (unpaired) electrons. The lowest BCUT2D eigenvalue weighted by molar-refractivity contribution is 0.161. The zero-order valence-corrected chi connectivity index (χ0v) is 11.4. The zero-order chi connectivity index (χ0) is 13.4. The van der Waals surface area contributed by atoms with E-state index in [9.17, 15) is 5.11 Å². The second kappa shape index (κ2) is 8.02. The van der Waals surface area contributed by atoms with Crippen molar-refractivity contribution >= 4 is 0 Å². The highest BCUT2D eigenvalue weighted by atomic mass is 16.5. The predicted molar refractivity (Wildman–Crippen MR) is 71.7 cm³/mol. The Morgan fingerprint density at radius 2 is 2.17 bits per heavy atom. The lowest BCUT2D eigenvalue weighted by Crippen LogP contribution is -2.31. The number of likely N-dealkylation sites (N-methyl/N-ethyl adjacent to an activating group) is 1. The number of methoxy groups -OCH3 is 1. The zero-order valence-electron chi connectivity index (χ0n) is 11.4. The van der Waals surface area contributed by atoms with Crippen LogP contribution < -0.4 is 5.32 Å². The summed E-state index contributed by atoms with van der Waals surface area (Å²) in [6.07, 6.45) is 0. The fraction of sp³-hybridized carbons (Fsp3) is 0.615. The van der Waals surface area contributed by atoms with Gasteiger partial charge in [0.25, 0.3) is 0 Å². The molecule has 0 saturated carbocycles. The van der Waals surface area contributed by atoms with Crippen LogP contribution in [0.25, 0.3) is 0 Å². The molecule has 5 nitrogen and oxygen atoms in total. The Morgan fingerprint density at radius 3 is 2.89 bits per heavy atom. The van der Waals surface area contributed by atoms with Crippen LogP contribution in [-0.2, 0) is 11.3 Å². The van der Waals surface area contributed by atoms with Gasteiger partial charge in [-0.15, -0.1) is 0 Å². The minimum absolute atomic E-state index is 0.251. The Kier molecular flexibility index (Phi) is 6.64. The average Bonchev–Trinajstić information content (AvgIpc) is 2.36. The van der Waals surface area contributed by atoms with E-state index in [4.69, 9.17) is 4.74 Å². The number of aromatic hydroxyl groups is 1. The second-order valence-electron chi connectivity index (χ2n) is 4.39. The summed E-state index contributed by atoms with van der Waals surface area (Å²) in [6, 6.07) is 3.49. The molecule has 18 heavy (non-hydrogen) atoms. The molecule has 1 aromatic heterocycles. The van der Waals surface area contributed by atoms with Crippen LogP contribution in [0.5, 0.6) is 5.75 Å². The highest BCUT2D eigenvalue weighted by Gasteiger charge is 2.03. The van der Waals surface area contributed by atoms with E-state index >= 15 is 0 Å². The minimum Gasteiger partial charge on any atom is -0.506 e. The summed E-state index contributed by atoms with van der Waals surface area (Å²) >= 11 is 0. The van der Waals surface area contributed by atoms with Gasteiger partial charge in [-0.1, -0.05) is 0 Å². The third-order valence-electron chi connectivity index (χ3n) is 2.73. The average molecular weight is 253 g/mol. The summed E-state index contributed by atoms with van der Waals surface area (Å²) in [5, 5.41) is 12.9. The highest BCUT2D eigenvalue weighted by Crippen LogP contribution is 2.13. The fourth-order valence-electron chi connectivity index (χ4n) is 1.57. The highest BCUT2D eigenvalue weighted by molar-refractivity contribution is 5.27. The molecule has 5 heteroatoms. The lowest BCUT2D eigenvalue weighted by Gasteiger charge is -2.16. The Balaban J connectivity index is 2.23. The van der Waals surface area contributed by atoms with Crippen LogP contribution in [0.3, 0.4) is 0 Å². The molecule has 0 unspecified atom stereocenters. The number of hydrogen-bond donors (Lipinski definition) is 2. The van der Waals surface area contributed by atoms with E-state index < -0.39 is 0 Å². The van der Waals surface area contributed by atoms with E-state index in [2.05, 4.69) is 22.2 Å². The van der Waals surface area contributed by atoms with Crippen molar-refractivity contribution < 1.29 is 9.84 Å². The van der Waals surface area contributed by atoms with Gasteiger partial charge in [-0.2, -0.15) is 0 Å². The van der Waals surface area contributed by atoms with Crippen LogP contribution in [-0.4, -0.2) is 55.4 Å². The van der Waals surface area contributed by atoms with Gasteiger partial charge in [-0.3, -0.25) is 4.98 Å². The van der Waals surface area contributed by atoms with Crippen LogP contribution in [0.4, 0.5) is 0 Å². The monoisotopic (exact) mass is 253 g/mol. The van der Waals surface area contributed by atoms with E-state index in [-0.39, 0.29) is 5.75 Å². The van der Waals surface area contributed by atoms with Crippen molar-refractivity contribution in [2.45, 2.75) is 13.5 Å². The van der Waals surface area contributed by atoms with Gasteiger partial charge >= 0.3 is 0 Å². The molecule has 0 atom stereocenters. The number of aromatic nitrogens is 1. The molecule has 2 N–H and O–H groups in total. The maximum absolute atomic E-state index is 9.63. The molecule has 0 bridgehead atoms. The van der Waals surface area contributed by atoms with E-state index in [0.29, 0.717) is 12.2 Å². The Labute approximate surface area is 109 Å². The molecule has 1 heterocycles. The predicted octanol–water partition coefficient (Wildman–Crippen LogP) is 0.763. The number of pyridine rings is 1. The lowest BCUT2D eigenvalue weighted by atomic mass is 10.3. The van der Waals surface area contributed by atoms with Crippen molar-refractivity contribution in [3.63, 3.8) is 0 Å². The second-order valence-corrected chi connectivity index (χ2v) is 4.39. The number of rotatable bonds is 8. The molecule has 1 rings (SSSR count). The van der Waals surface area contributed by atoms with Crippen LogP contribution in [0.1, 0.15) is 11.4 Å². The summed E-state index contributed by atoms with van der Waals surface area (Å²) in [4.78, 5) is 6.49. The molecular formula is C13H23N3O2. The molecule has 1 aromatic rings. The Bertz CT molecular complexity index is 358. The number of ether oxygens (including phenoxy) is 1. The maximum Gasteiger partial charge on any atom is 0.138 e. The van der Waals surface area contributed by atoms with E-state index in [1.165, 1.54) is 0 Å². The quantitative estimate of drug-likeness (QED) is 0.670. The van der Waals surface area contributed by atoms with Gasteiger partial charge in [0.2, 0.25) is 0 Å². The summed E-state index contributed by atoms with van der Waals surface area (Å²) in [7, 11) is 3.77. The van der Waals surface area contributed by atoms with Crippen molar-refractivity contribution in [1.82, 2.24) is 15.2 Å². The largest absolute Gasteiger partial charge is 0.506 e. The number of hydrogen-bond acceptors (Lipinski definition) is 5. The first-order valence-electron chi connectivity index (χ1n) is 6.17. The van der Waals surface area contributed by atoms with Crippen LogP contribution in [0, 0.1) is 6.92 Å². The van der Waals surface area contributed by atoms with Crippen molar-refractivity contribution in [3.05, 3.63) is 23.5 Å². The standard InChI is InChI=1S/C13H23N3O2/c1-11-4-5-13(17)12(15-11)10-14-6-7-16(2)8-9-18-3/h4-5,14,17H,6-10H2,1-3H3. The molecule has 0 aliphatic heterocycles. The van der Waals surface area contributed by atoms with Gasteiger partial charge < -0.3 is 20.1 Å². The summed E-state index contributed by atoms with van der Waals surface area (Å²) in [5.41, 5.74) is 1.62. The molecule has 0 fully saturated rings. The number of aryl methyl sites for hydroxylation is 1. The summed E-state index contributed by atoms with van der Waals surface area (Å²) in [5.74, 6) is 0.251. The smallest absolute Gasteiger partial charge is 0.138 e. The van der Waals surface area contributed by atoms with Crippen molar-refractivity contribution in [2.24, 2.45) is 0 Å². The molecule has 0 aliphatic rings. The maximum atomic E-state index is 9.63. The van der Waals surface area contributed by atoms with Crippen LogP contribution in [0.2, 0.25) is 0 Å².